The first-order chi connectivity index (χ1) is 30.1. The number of aryl methyl sites for hydroxylation is 2. The van der Waals surface area contributed by atoms with Crippen molar-refractivity contribution in [1.82, 2.24) is 9.80 Å². The molecule has 11 heteroatoms. The highest BCUT2D eigenvalue weighted by Crippen LogP contribution is 2.26. The Morgan fingerprint density at radius 3 is 1.37 bits per heavy atom. The highest BCUT2D eigenvalue weighted by molar-refractivity contribution is 5.81. The van der Waals surface area contributed by atoms with Gasteiger partial charge in [-0.15, -0.1) is 0 Å². The number of benzene rings is 4. The SMILES string of the molecule is CN(C)c1ccccc1CCCC(=O)Cc1ccc(N2CCN(C(CC(=O)OCCO)N3CCN(c4ccc(CC(=O)CCCc5ccccc5N(C)C)cc4)CC3)CC2)cc1. The third kappa shape index (κ3) is 13.4. The van der Waals surface area contributed by atoms with Gasteiger partial charge in [-0.05, 0) is 84.3 Å². The van der Waals surface area contributed by atoms with Crippen LogP contribution in [0.15, 0.2) is 97.1 Å². The smallest absolute Gasteiger partial charge is 0.308 e. The minimum absolute atomic E-state index is 0.00684. The summed E-state index contributed by atoms with van der Waals surface area (Å²) in [6.07, 6.45) is 5.65. The number of ether oxygens (including phenoxy) is 1. The van der Waals surface area contributed by atoms with Gasteiger partial charge in [-0.1, -0.05) is 60.7 Å². The van der Waals surface area contributed by atoms with Crippen molar-refractivity contribution in [2.45, 2.75) is 64.0 Å². The molecule has 0 unspecified atom stereocenters. The third-order valence-corrected chi connectivity index (χ3v) is 12.3. The van der Waals surface area contributed by atoms with E-state index in [1.807, 2.05) is 0 Å². The summed E-state index contributed by atoms with van der Waals surface area (Å²) in [5.41, 5.74) is 9.35. The van der Waals surface area contributed by atoms with E-state index in [-0.39, 0.29) is 43.3 Å². The Bertz CT molecular complexity index is 1890. The van der Waals surface area contributed by atoms with Crippen LogP contribution in [-0.4, -0.2) is 132 Å². The fourth-order valence-corrected chi connectivity index (χ4v) is 8.96. The summed E-state index contributed by atoms with van der Waals surface area (Å²) in [6, 6.07) is 33.6. The lowest BCUT2D eigenvalue weighted by Crippen LogP contribution is -2.60. The predicted octanol–water partition coefficient (Wildman–Crippen LogP) is 6.28. The fraction of sp³-hybridized carbons (Fsp3) is 0.471. The molecule has 2 aliphatic rings. The highest BCUT2D eigenvalue weighted by Gasteiger charge is 2.33. The summed E-state index contributed by atoms with van der Waals surface area (Å²) >= 11 is 0. The van der Waals surface area contributed by atoms with E-state index in [1.54, 1.807) is 0 Å². The van der Waals surface area contributed by atoms with Gasteiger partial charge >= 0.3 is 5.97 Å². The Morgan fingerprint density at radius 1 is 0.581 bits per heavy atom. The van der Waals surface area contributed by atoms with Crippen molar-refractivity contribution < 1.29 is 24.2 Å². The molecule has 2 fully saturated rings. The molecule has 2 aliphatic heterocycles. The number of carbonyl (C=O) groups excluding carboxylic acids is 3. The van der Waals surface area contributed by atoms with Crippen LogP contribution >= 0.6 is 0 Å². The summed E-state index contributed by atoms with van der Waals surface area (Å²) in [7, 11) is 8.21. The molecular formula is C51H68N6O5. The molecule has 1 N–H and O–H groups in total. The highest BCUT2D eigenvalue weighted by atomic mass is 16.5. The number of para-hydroxylation sites is 2. The van der Waals surface area contributed by atoms with E-state index >= 15 is 0 Å². The molecule has 0 radical (unpaired) electrons. The van der Waals surface area contributed by atoms with Crippen molar-refractivity contribution in [3.8, 4) is 0 Å². The maximum atomic E-state index is 12.9. The third-order valence-electron chi connectivity index (χ3n) is 12.3. The first kappa shape index (κ1) is 46.3. The van der Waals surface area contributed by atoms with Crippen molar-refractivity contribution in [3.63, 3.8) is 0 Å². The lowest BCUT2D eigenvalue weighted by Gasteiger charge is -2.47. The number of hydrogen-bond donors (Lipinski definition) is 1. The number of piperazine rings is 2. The van der Waals surface area contributed by atoms with E-state index in [0.717, 1.165) is 101 Å². The number of aliphatic hydroxyl groups excluding tert-OH is 1. The van der Waals surface area contributed by atoms with Gasteiger partial charge in [-0.3, -0.25) is 24.2 Å². The van der Waals surface area contributed by atoms with Gasteiger partial charge in [0.25, 0.3) is 0 Å². The van der Waals surface area contributed by atoms with Gasteiger partial charge in [0.15, 0.2) is 0 Å². The molecular weight excluding hydrogens is 777 g/mol. The first-order valence-corrected chi connectivity index (χ1v) is 22.5. The summed E-state index contributed by atoms with van der Waals surface area (Å²) in [4.78, 5) is 52.6. The van der Waals surface area contributed by atoms with Gasteiger partial charge in [0.1, 0.15) is 18.2 Å². The van der Waals surface area contributed by atoms with Crippen molar-refractivity contribution in [3.05, 3.63) is 119 Å². The second kappa shape index (κ2) is 23.3. The monoisotopic (exact) mass is 845 g/mol. The predicted molar refractivity (Wildman–Crippen MR) is 252 cm³/mol. The van der Waals surface area contributed by atoms with Gasteiger partial charge in [-0.2, -0.15) is 0 Å². The number of Topliss-reactive ketones (excluding diaryl/α,β-unsaturated/α-hetero) is 2. The number of ketones is 2. The van der Waals surface area contributed by atoms with Gasteiger partial charge in [0, 0.05) is 129 Å². The Hall–Kier alpha value is -5.23. The van der Waals surface area contributed by atoms with Crippen LogP contribution in [0, 0.1) is 0 Å². The molecule has 0 aliphatic carbocycles. The minimum Gasteiger partial charge on any atom is -0.463 e. The largest absolute Gasteiger partial charge is 0.463 e. The van der Waals surface area contributed by atoms with E-state index in [9.17, 15) is 19.5 Å². The number of nitrogens with zero attached hydrogens (tertiary/aromatic N) is 6. The lowest BCUT2D eigenvalue weighted by molar-refractivity contribution is -0.148. The molecule has 6 rings (SSSR count). The van der Waals surface area contributed by atoms with Crippen molar-refractivity contribution in [2.24, 2.45) is 0 Å². The molecule has 0 aromatic heterocycles. The lowest BCUT2D eigenvalue weighted by atomic mass is 10.0. The summed E-state index contributed by atoms with van der Waals surface area (Å²) in [6.45, 7) is 6.35. The maximum absolute atomic E-state index is 12.9. The molecule has 62 heavy (non-hydrogen) atoms. The van der Waals surface area contributed by atoms with Crippen LogP contribution in [0.25, 0.3) is 0 Å². The Kier molecular flexibility index (Phi) is 17.4. The van der Waals surface area contributed by atoms with E-state index < -0.39 is 0 Å². The van der Waals surface area contributed by atoms with Crippen molar-refractivity contribution in [2.75, 3.05) is 113 Å². The molecule has 4 aromatic carbocycles. The van der Waals surface area contributed by atoms with Crippen LogP contribution < -0.4 is 19.6 Å². The van der Waals surface area contributed by atoms with Crippen LogP contribution in [-0.2, 0) is 44.8 Å². The number of anilines is 4. The summed E-state index contributed by atoms with van der Waals surface area (Å²) in [5.74, 6) is 0.244. The fourth-order valence-electron chi connectivity index (χ4n) is 8.96. The maximum Gasteiger partial charge on any atom is 0.308 e. The average molecular weight is 845 g/mol. The number of aliphatic hydroxyl groups is 1. The number of carbonyl (C=O) groups is 3. The zero-order valence-electron chi connectivity index (χ0n) is 37.5. The summed E-state index contributed by atoms with van der Waals surface area (Å²) in [5, 5.41) is 9.29. The molecule has 332 valence electrons. The van der Waals surface area contributed by atoms with Crippen molar-refractivity contribution >= 4 is 40.3 Å². The second-order valence-electron chi connectivity index (χ2n) is 17.2. The summed E-state index contributed by atoms with van der Waals surface area (Å²) < 4.78 is 5.36. The standard InChI is InChI=1S/C51H68N6O5/c1-52(2)48-17-7-5-11-42(48)13-9-15-46(59)37-40-19-23-44(24-20-40)54-27-31-56(32-28-54)50(39-51(61)62-36-35-58)57-33-29-55(30-34-57)45-25-21-41(22-26-45)38-47(60)16-10-14-43-12-6-8-18-49(43)53(3)4/h5-8,11-12,17-26,50,58H,9-10,13-16,27-39H2,1-4H3. The zero-order chi connectivity index (χ0) is 43.8. The van der Waals surface area contributed by atoms with Crippen LogP contribution in [0.3, 0.4) is 0 Å². The quantitative estimate of drug-likeness (QED) is 0.0906. The molecule has 0 bridgehead atoms. The molecule has 2 heterocycles. The molecule has 0 amide bonds. The van der Waals surface area contributed by atoms with Crippen molar-refractivity contribution in [1.29, 1.82) is 0 Å². The molecule has 4 aromatic rings. The number of hydrogen-bond acceptors (Lipinski definition) is 11. The van der Waals surface area contributed by atoms with Crippen LogP contribution in [0.5, 0.6) is 0 Å². The number of rotatable bonds is 22. The van der Waals surface area contributed by atoms with E-state index in [2.05, 4.69) is 155 Å². The normalized spacial score (nSPS) is 14.9. The molecule has 11 nitrogen and oxygen atoms in total. The first-order valence-electron chi connectivity index (χ1n) is 22.5. The minimum atomic E-state index is -0.291. The van der Waals surface area contributed by atoms with E-state index in [1.165, 1.54) is 22.5 Å². The Morgan fingerprint density at radius 2 is 0.984 bits per heavy atom. The van der Waals surface area contributed by atoms with Gasteiger partial charge in [0.2, 0.25) is 0 Å². The molecule has 0 saturated carbocycles. The molecule has 0 spiro atoms. The average Bonchev–Trinajstić information content (AvgIpc) is 3.28. The second-order valence-corrected chi connectivity index (χ2v) is 17.2. The topological polar surface area (TPSA) is 100 Å². The van der Waals surface area contributed by atoms with Gasteiger partial charge in [0.05, 0.1) is 19.2 Å². The Labute approximate surface area is 369 Å². The van der Waals surface area contributed by atoms with Crippen LogP contribution in [0.2, 0.25) is 0 Å². The number of esters is 1. The molecule has 0 atom stereocenters. The van der Waals surface area contributed by atoms with Gasteiger partial charge in [-0.25, -0.2) is 0 Å². The Balaban J connectivity index is 0.954. The zero-order valence-corrected chi connectivity index (χ0v) is 37.5. The van der Waals surface area contributed by atoms with E-state index in [0.29, 0.717) is 25.7 Å². The van der Waals surface area contributed by atoms with E-state index in [4.69, 9.17) is 4.74 Å². The molecule has 2 saturated heterocycles. The van der Waals surface area contributed by atoms with Gasteiger partial charge < -0.3 is 29.4 Å². The van der Waals surface area contributed by atoms with Crippen LogP contribution in [0.4, 0.5) is 22.7 Å². The van der Waals surface area contributed by atoms with Crippen LogP contribution in [0.1, 0.15) is 54.4 Å².